The predicted molar refractivity (Wildman–Crippen MR) is 129 cm³/mol. The molecule has 1 saturated heterocycles. The number of aromatic hydroxyl groups is 1. The zero-order chi connectivity index (χ0) is 23.9. The molecular weight excluding hydrogens is 448 g/mol. The molecular formula is C24H23N8O3+. The van der Waals surface area contributed by atoms with Crippen LogP contribution in [0.2, 0.25) is 0 Å². The molecule has 11 nitrogen and oxygen atoms in total. The molecule has 35 heavy (non-hydrogen) atoms. The fraction of sp³-hybridized carbons (Fsp3) is 0.208. The highest BCUT2D eigenvalue weighted by atomic mass is 16.4. The average molecular weight is 472 g/mol. The number of para-hydroxylation sites is 1. The molecule has 3 N–H and O–H groups in total. The summed E-state index contributed by atoms with van der Waals surface area (Å²) in [6.45, 7) is 2.72. The minimum absolute atomic E-state index is 0.239. The number of fused-ring (bicyclic) bond motifs is 2. The van der Waals surface area contributed by atoms with Crippen LogP contribution in [0.1, 0.15) is 0 Å². The number of anilines is 2. The second kappa shape index (κ2) is 8.28. The Morgan fingerprint density at radius 3 is 2.51 bits per heavy atom. The number of aromatic amines is 1. The third-order valence-electron chi connectivity index (χ3n) is 6.26. The lowest BCUT2D eigenvalue weighted by Gasteiger charge is -2.34. The van der Waals surface area contributed by atoms with Gasteiger partial charge in [-0.1, -0.05) is 12.1 Å². The zero-order valence-corrected chi connectivity index (χ0v) is 18.7. The lowest BCUT2D eigenvalue weighted by molar-refractivity contribution is -0.632. The quantitative estimate of drug-likeness (QED) is 0.331. The van der Waals surface area contributed by atoms with Crippen LogP contribution in [-0.2, 0) is 11.3 Å². The van der Waals surface area contributed by atoms with E-state index in [1.807, 2.05) is 47.3 Å². The maximum absolute atomic E-state index is 11.5. The molecule has 6 rings (SSSR count). The van der Waals surface area contributed by atoms with Gasteiger partial charge in [0.05, 0.1) is 12.5 Å². The van der Waals surface area contributed by atoms with E-state index in [0.717, 1.165) is 29.7 Å². The third kappa shape index (κ3) is 3.76. The van der Waals surface area contributed by atoms with Crippen LogP contribution in [0.4, 0.5) is 11.6 Å². The molecule has 5 aromatic rings. The minimum atomic E-state index is -0.967. The van der Waals surface area contributed by atoms with Crippen LogP contribution in [0, 0.1) is 0 Å². The van der Waals surface area contributed by atoms with E-state index in [1.165, 1.54) is 6.33 Å². The standard InChI is InChI=1S/C24H22N8O3/c33-18-7-5-17(6-8-18)29-9-11-30(12-10-29)24-27-22-21(31(15-25-22)14-20(34)35)23(28-24)32-19-4-2-1-3-16(19)13-26-32/h1-8,13,15H,9-12,14H2,(H2,33,34,35)/p+1. The monoisotopic (exact) mass is 471 g/mol. The van der Waals surface area contributed by atoms with Gasteiger partial charge >= 0.3 is 17.7 Å². The number of phenolic OH excluding ortho intramolecular Hbond substituents is 1. The Morgan fingerprint density at radius 2 is 1.74 bits per heavy atom. The number of aromatic nitrogens is 6. The number of nitrogens with one attached hydrogen (secondary N) is 1. The highest BCUT2D eigenvalue weighted by Gasteiger charge is 2.30. The molecule has 2 aromatic carbocycles. The number of hydrogen-bond donors (Lipinski definition) is 3. The molecule has 1 aliphatic heterocycles. The van der Waals surface area contributed by atoms with Crippen molar-refractivity contribution in [3.8, 4) is 11.6 Å². The Bertz CT molecular complexity index is 1530. The Kier molecular flexibility index (Phi) is 4.94. The number of carboxylic acid groups (broad SMARTS) is 1. The van der Waals surface area contributed by atoms with E-state index in [-0.39, 0.29) is 12.3 Å². The smallest absolute Gasteiger partial charge is 0.379 e. The second-order valence-electron chi connectivity index (χ2n) is 8.44. The summed E-state index contributed by atoms with van der Waals surface area (Å²) in [5, 5.41) is 23.2. The summed E-state index contributed by atoms with van der Waals surface area (Å²) in [6.07, 6.45) is 3.38. The number of H-pyrrole nitrogens is 1. The number of aliphatic carboxylic acids is 1. The van der Waals surface area contributed by atoms with Crippen molar-refractivity contribution < 1.29 is 19.7 Å². The molecule has 0 saturated carbocycles. The summed E-state index contributed by atoms with van der Waals surface area (Å²) in [6, 6.07) is 15.1. The molecule has 1 aliphatic rings. The van der Waals surface area contributed by atoms with Crippen LogP contribution in [0.5, 0.6) is 5.75 Å². The van der Waals surface area contributed by atoms with Gasteiger partial charge in [0.2, 0.25) is 0 Å². The first-order valence-electron chi connectivity index (χ1n) is 11.3. The number of nitrogens with zero attached hydrogens (tertiary/aromatic N) is 7. The molecule has 1 fully saturated rings. The highest BCUT2D eigenvalue weighted by Crippen LogP contribution is 2.24. The molecule has 0 radical (unpaired) electrons. The first-order chi connectivity index (χ1) is 17.1. The fourth-order valence-electron chi connectivity index (χ4n) is 4.53. The number of piperazine rings is 1. The molecule has 0 unspecified atom stereocenters. The summed E-state index contributed by atoms with van der Waals surface area (Å²) < 4.78 is 3.40. The largest absolute Gasteiger partial charge is 0.508 e. The predicted octanol–water partition coefficient (Wildman–Crippen LogP) is 1.70. The number of imidazole rings is 1. The third-order valence-corrected chi connectivity index (χ3v) is 6.26. The molecule has 176 valence electrons. The number of carboxylic acids is 1. The molecule has 4 heterocycles. The van der Waals surface area contributed by atoms with Gasteiger partial charge in [-0.2, -0.15) is 4.98 Å². The fourth-order valence-corrected chi connectivity index (χ4v) is 4.53. The number of hydrogen-bond acceptors (Lipinski definition) is 7. The lowest BCUT2D eigenvalue weighted by Crippen LogP contribution is -2.47. The van der Waals surface area contributed by atoms with Gasteiger partial charge in [0.15, 0.2) is 16.7 Å². The van der Waals surface area contributed by atoms with Crippen LogP contribution >= 0.6 is 0 Å². The summed E-state index contributed by atoms with van der Waals surface area (Å²) in [7, 11) is 0. The van der Waals surface area contributed by atoms with Gasteiger partial charge in [-0.3, -0.25) is 4.79 Å². The van der Waals surface area contributed by atoms with Gasteiger partial charge < -0.3 is 24.6 Å². The van der Waals surface area contributed by atoms with E-state index >= 15 is 0 Å². The highest BCUT2D eigenvalue weighted by molar-refractivity contribution is 5.82. The average Bonchev–Trinajstić information content (AvgIpc) is 3.48. The van der Waals surface area contributed by atoms with E-state index in [4.69, 9.17) is 9.97 Å². The van der Waals surface area contributed by atoms with E-state index in [0.29, 0.717) is 36.0 Å². The first-order valence-corrected chi connectivity index (χ1v) is 11.3. The van der Waals surface area contributed by atoms with Crippen molar-refractivity contribution in [3.63, 3.8) is 0 Å². The topological polar surface area (TPSA) is 127 Å². The summed E-state index contributed by atoms with van der Waals surface area (Å²) in [4.78, 5) is 29.9. The number of phenols is 1. The number of benzene rings is 2. The summed E-state index contributed by atoms with van der Waals surface area (Å²) >= 11 is 0. The molecule has 3 aromatic heterocycles. The van der Waals surface area contributed by atoms with E-state index in [2.05, 4.69) is 19.9 Å². The number of rotatable bonds is 5. The van der Waals surface area contributed by atoms with Crippen molar-refractivity contribution >= 4 is 39.7 Å². The minimum Gasteiger partial charge on any atom is -0.508 e. The van der Waals surface area contributed by atoms with Crippen LogP contribution in [-0.4, -0.2) is 67.0 Å². The van der Waals surface area contributed by atoms with Gasteiger partial charge in [0, 0.05) is 42.2 Å². The molecule has 0 spiro atoms. The Labute approximate surface area is 199 Å². The molecule has 11 heteroatoms. The maximum atomic E-state index is 11.5. The second-order valence-corrected chi connectivity index (χ2v) is 8.44. The van der Waals surface area contributed by atoms with Crippen molar-refractivity contribution in [3.05, 3.63) is 61.1 Å². The summed E-state index contributed by atoms with van der Waals surface area (Å²) in [5.41, 5.74) is 2.97. The lowest BCUT2D eigenvalue weighted by atomic mass is 10.2. The van der Waals surface area contributed by atoms with Crippen LogP contribution in [0.25, 0.3) is 27.9 Å². The van der Waals surface area contributed by atoms with Gasteiger partial charge in [-0.05, 0) is 36.4 Å². The normalized spacial score (nSPS) is 14.2. The van der Waals surface area contributed by atoms with Gasteiger partial charge in [-0.15, -0.1) is 4.68 Å². The van der Waals surface area contributed by atoms with E-state index < -0.39 is 5.97 Å². The van der Waals surface area contributed by atoms with Crippen molar-refractivity contribution in [2.24, 2.45) is 0 Å². The molecule has 0 aliphatic carbocycles. The van der Waals surface area contributed by atoms with Crippen molar-refractivity contribution in [2.45, 2.75) is 6.54 Å². The van der Waals surface area contributed by atoms with Crippen molar-refractivity contribution in [1.29, 1.82) is 0 Å². The van der Waals surface area contributed by atoms with Crippen LogP contribution in [0.3, 0.4) is 0 Å². The Balaban J connectivity index is 1.39. The SMILES string of the molecule is O=C(O)Cn1cnc2nc(N3CCN(c4ccc(O)cc4)CC3)nc(-[n+]3[nH]cc4ccccc43)c21. The molecule has 0 amide bonds. The van der Waals surface area contributed by atoms with E-state index in [1.54, 1.807) is 16.7 Å². The van der Waals surface area contributed by atoms with Crippen molar-refractivity contribution in [2.75, 3.05) is 36.0 Å². The molecule has 0 atom stereocenters. The van der Waals surface area contributed by atoms with Gasteiger partial charge in [-0.25, -0.2) is 10.1 Å². The zero-order valence-electron chi connectivity index (χ0n) is 18.7. The summed E-state index contributed by atoms with van der Waals surface area (Å²) in [5.74, 6) is 0.375. The van der Waals surface area contributed by atoms with Gasteiger partial charge in [0.1, 0.15) is 12.3 Å². The first kappa shape index (κ1) is 20.9. The Morgan fingerprint density at radius 1 is 1.00 bits per heavy atom. The van der Waals surface area contributed by atoms with Crippen molar-refractivity contribution in [1.82, 2.24) is 24.6 Å². The number of carbonyl (C=O) groups is 1. The maximum Gasteiger partial charge on any atom is 0.379 e. The molecule has 0 bridgehead atoms. The van der Waals surface area contributed by atoms with Gasteiger partial charge in [0.25, 0.3) is 0 Å². The van der Waals surface area contributed by atoms with E-state index in [9.17, 15) is 15.0 Å². The van der Waals surface area contributed by atoms with Crippen LogP contribution < -0.4 is 14.5 Å². The van der Waals surface area contributed by atoms with Crippen LogP contribution in [0.15, 0.2) is 61.1 Å². The Hall–Kier alpha value is -4.67.